The first kappa shape index (κ1) is 14.5. The van der Waals surface area contributed by atoms with Gasteiger partial charge in [0.1, 0.15) is 0 Å². The van der Waals surface area contributed by atoms with Crippen LogP contribution >= 0.6 is 27.3 Å². The van der Waals surface area contributed by atoms with Crippen LogP contribution in [0.2, 0.25) is 0 Å². The summed E-state index contributed by atoms with van der Waals surface area (Å²) in [5, 5.41) is 5.82. The summed E-state index contributed by atoms with van der Waals surface area (Å²) in [5.74, 6) is 0.833. The zero-order valence-corrected chi connectivity index (χ0v) is 13.9. The van der Waals surface area contributed by atoms with Gasteiger partial charge in [-0.05, 0) is 65.3 Å². The summed E-state index contributed by atoms with van der Waals surface area (Å²) in [6.45, 7) is 6.69. The predicted octanol–water partition coefficient (Wildman–Crippen LogP) is 3.72. The van der Waals surface area contributed by atoms with Gasteiger partial charge in [-0.2, -0.15) is 0 Å². The van der Waals surface area contributed by atoms with Crippen LogP contribution < -0.4 is 5.32 Å². The van der Waals surface area contributed by atoms with Crippen LogP contribution in [0.5, 0.6) is 0 Å². The minimum Gasteiger partial charge on any atom is -0.314 e. The first-order valence-electron chi connectivity index (χ1n) is 6.73. The van der Waals surface area contributed by atoms with Crippen LogP contribution in [0, 0.1) is 5.92 Å². The van der Waals surface area contributed by atoms with Crippen LogP contribution in [0.15, 0.2) is 15.2 Å². The molecule has 2 unspecified atom stereocenters. The summed E-state index contributed by atoms with van der Waals surface area (Å²) < 4.78 is 1.23. The summed E-state index contributed by atoms with van der Waals surface area (Å²) in [6.07, 6.45) is 2.73. The van der Waals surface area contributed by atoms with Crippen molar-refractivity contribution in [2.75, 3.05) is 13.6 Å². The van der Waals surface area contributed by atoms with Gasteiger partial charge in [-0.1, -0.05) is 13.8 Å². The van der Waals surface area contributed by atoms with Crippen molar-refractivity contribution in [1.29, 1.82) is 0 Å². The third kappa shape index (κ3) is 3.80. The SMILES string of the molecule is CC(C)NCC1CCC1N(C)Cc1csc(Br)c1. The number of hydrogen-bond donors (Lipinski definition) is 1. The average Bonchev–Trinajstić information content (AvgIpc) is 2.61. The number of nitrogens with one attached hydrogen (secondary N) is 1. The molecule has 1 N–H and O–H groups in total. The summed E-state index contributed by atoms with van der Waals surface area (Å²) in [6, 6.07) is 3.60. The van der Waals surface area contributed by atoms with Gasteiger partial charge in [-0.15, -0.1) is 11.3 Å². The Balaban J connectivity index is 1.80. The topological polar surface area (TPSA) is 15.3 Å². The van der Waals surface area contributed by atoms with E-state index < -0.39 is 0 Å². The molecular weight excluding hydrogens is 308 g/mol. The fourth-order valence-corrected chi connectivity index (χ4v) is 3.79. The maximum Gasteiger partial charge on any atom is 0.0701 e. The fraction of sp³-hybridized carbons (Fsp3) is 0.714. The molecule has 1 heterocycles. The van der Waals surface area contributed by atoms with Gasteiger partial charge in [0, 0.05) is 18.6 Å². The van der Waals surface area contributed by atoms with E-state index in [0.29, 0.717) is 6.04 Å². The maximum atomic E-state index is 3.57. The lowest BCUT2D eigenvalue weighted by molar-refractivity contribution is 0.0769. The van der Waals surface area contributed by atoms with Crippen molar-refractivity contribution in [3.8, 4) is 0 Å². The van der Waals surface area contributed by atoms with E-state index in [1.165, 1.54) is 28.7 Å². The number of halogens is 1. The second-order valence-corrected chi connectivity index (χ2v) is 7.93. The number of rotatable bonds is 6. The van der Waals surface area contributed by atoms with Crippen molar-refractivity contribution < 1.29 is 0 Å². The van der Waals surface area contributed by atoms with Crippen LogP contribution in [0.1, 0.15) is 32.3 Å². The highest BCUT2D eigenvalue weighted by atomic mass is 79.9. The lowest BCUT2D eigenvalue weighted by Gasteiger charge is -2.43. The van der Waals surface area contributed by atoms with Crippen LogP contribution in [0.25, 0.3) is 0 Å². The van der Waals surface area contributed by atoms with Gasteiger partial charge in [-0.25, -0.2) is 0 Å². The third-order valence-corrected chi connectivity index (χ3v) is 5.34. The van der Waals surface area contributed by atoms with Crippen LogP contribution in [-0.2, 0) is 6.54 Å². The standard InChI is InChI=1S/C14H23BrN2S/c1-10(2)16-7-12-4-5-13(12)17(3)8-11-6-14(15)18-9-11/h6,9-10,12-13,16H,4-5,7-8H2,1-3H3. The molecule has 2 rings (SSSR count). The molecule has 0 amide bonds. The Morgan fingerprint density at radius 1 is 1.50 bits per heavy atom. The second-order valence-electron chi connectivity index (χ2n) is 5.64. The molecule has 2 nitrogen and oxygen atoms in total. The summed E-state index contributed by atoms with van der Waals surface area (Å²) in [4.78, 5) is 2.52. The van der Waals surface area contributed by atoms with Crippen molar-refractivity contribution in [2.24, 2.45) is 5.92 Å². The highest BCUT2D eigenvalue weighted by molar-refractivity contribution is 9.11. The Morgan fingerprint density at radius 2 is 2.28 bits per heavy atom. The highest BCUT2D eigenvalue weighted by Gasteiger charge is 2.33. The van der Waals surface area contributed by atoms with Crippen molar-refractivity contribution >= 4 is 27.3 Å². The molecule has 18 heavy (non-hydrogen) atoms. The molecule has 1 aliphatic carbocycles. The molecule has 0 aliphatic heterocycles. The summed E-state index contributed by atoms with van der Waals surface area (Å²) in [7, 11) is 2.26. The van der Waals surface area contributed by atoms with E-state index in [9.17, 15) is 0 Å². The molecular formula is C14H23BrN2S. The van der Waals surface area contributed by atoms with Gasteiger partial charge in [-0.3, -0.25) is 4.90 Å². The fourth-order valence-electron chi connectivity index (χ4n) is 2.59. The molecule has 0 spiro atoms. The smallest absolute Gasteiger partial charge is 0.0701 e. The van der Waals surface area contributed by atoms with Gasteiger partial charge in [0.2, 0.25) is 0 Å². The largest absolute Gasteiger partial charge is 0.314 e. The molecule has 1 aromatic heterocycles. The lowest BCUT2D eigenvalue weighted by atomic mass is 9.78. The minimum absolute atomic E-state index is 0.601. The first-order valence-corrected chi connectivity index (χ1v) is 8.40. The normalized spacial score (nSPS) is 23.7. The predicted molar refractivity (Wildman–Crippen MR) is 83.1 cm³/mol. The van der Waals surface area contributed by atoms with Gasteiger partial charge in [0.15, 0.2) is 0 Å². The summed E-state index contributed by atoms with van der Waals surface area (Å²) >= 11 is 5.31. The Morgan fingerprint density at radius 3 is 2.78 bits per heavy atom. The highest BCUT2D eigenvalue weighted by Crippen LogP contribution is 2.32. The van der Waals surface area contributed by atoms with E-state index in [4.69, 9.17) is 0 Å². The lowest BCUT2D eigenvalue weighted by Crippen LogP contribution is -2.49. The van der Waals surface area contributed by atoms with Gasteiger partial charge >= 0.3 is 0 Å². The molecule has 1 fully saturated rings. The Labute approximate surface area is 123 Å². The monoisotopic (exact) mass is 330 g/mol. The van der Waals surface area contributed by atoms with Crippen LogP contribution in [0.4, 0.5) is 0 Å². The van der Waals surface area contributed by atoms with E-state index in [2.05, 4.69) is 58.5 Å². The minimum atomic E-state index is 0.601. The molecule has 102 valence electrons. The van der Waals surface area contributed by atoms with Crippen molar-refractivity contribution in [3.63, 3.8) is 0 Å². The molecule has 1 aliphatic rings. The number of thiophene rings is 1. The van der Waals surface area contributed by atoms with Gasteiger partial charge in [0.05, 0.1) is 3.79 Å². The number of nitrogens with zero attached hydrogens (tertiary/aromatic N) is 1. The molecule has 0 saturated heterocycles. The molecule has 1 aromatic rings. The molecule has 0 radical (unpaired) electrons. The van der Waals surface area contributed by atoms with E-state index in [1.807, 2.05) is 0 Å². The molecule has 4 heteroatoms. The Bertz CT molecular complexity index is 378. The van der Waals surface area contributed by atoms with E-state index in [1.54, 1.807) is 11.3 Å². The zero-order valence-electron chi connectivity index (χ0n) is 11.4. The maximum absolute atomic E-state index is 3.57. The molecule has 0 bridgehead atoms. The first-order chi connectivity index (χ1) is 8.56. The van der Waals surface area contributed by atoms with Crippen molar-refractivity contribution in [2.45, 2.75) is 45.3 Å². The number of hydrogen-bond acceptors (Lipinski definition) is 3. The average molecular weight is 331 g/mol. The van der Waals surface area contributed by atoms with Crippen molar-refractivity contribution in [3.05, 3.63) is 20.8 Å². The van der Waals surface area contributed by atoms with Gasteiger partial charge < -0.3 is 5.32 Å². The Hall–Kier alpha value is 0.100. The second kappa shape index (κ2) is 6.51. The van der Waals surface area contributed by atoms with Gasteiger partial charge in [0.25, 0.3) is 0 Å². The molecule has 2 atom stereocenters. The molecule has 1 saturated carbocycles. The third-order valence-electron chi connectivity index (χ3n) is 3.79. The van der Waals surface area contributed by atoms with Crippen LogP contribution in [-0.4, -0.2) is 30.6 Å². The van der Waals surface area contributed by atoms with E-state index in [0.717, 1.165) is 18.5 Å². The van der Waals surface area contributed by atoms with Crippen molar-refractivity contribution in [1.82, 2.24) is 10.2 Å². The van der Waals surface area contributed by atoms with E-state index >= 15 is 0 Å². The molecule has 0 aromatic carbocycles. The summed E-state index contributed by atoms with van der Waals surface area (Å²) in [5.41, 5.74) is 1.43. The quantitative estimate of drug-likeness (QED) is 0.855. The Kier molecular flexibility index (Phi) is 5.24. The zero-order chi connectivity index (χ0) is 13.1. The van der Waals surface area contributed by atoms with Crippen LogP contribution in [0.3, 0.4) is 0 Å². The van der Waals surface area contributed by atoms with E-state index in [-0.39, 0.29) is 0 Å².